The molecule has 1 aliphatic heterocycles. The Morgan fingerprint density at radius 3 is 2.61 bits per heavy atom. The van der Waals surface area contributed by atoms with Crippen LogP contribution in [0.1, 0.15) is 19.8 Å². The number of ether oxygens (including phenoxy) is 1. The third-order valence-electron chi connectivity index (χ3n) is 4.88. The van der Waals surface area contributed by atoms with Crippen LogP contribution in [-0.4, -0.2) is 56.7 Å². The van der Waals surface area contributed by atoms with Crippen LogP contribution in [0.25, 0.3) is 0 Å². The summed E-state index contributed by atoms with van der Waals surface area (Å²) in [6, 6.07) is 8.45. The van der Waals surface area contributed by atoms with Gasteiger partial charge in [-0.15, -0.1) is 0 Å². The van der Waals surface area contributed by atoms with E-state index in [4.69, 9.17) is 4.74 Å². The maximum Gasteiger partial charge on any atom is 0.234 e. The number of benzene rings is 1. The van der Waals surface area contributed by atoms with Gasteiger partial charge in [-0.1, -0.05) is 12.1 Å². The molecule has 1 aromatic carbocycles. The number of rotatable bonds is 6. The van der Waals surface area contributed by atoms with Gasteiger partial charge in [-0.25, -0.2) is 0 Å². The summed E-state index contributed by atoms with van der Waals surface area (Å²) in [7, 11) is 1.71. The molecule has 1 N–H and O–H groups in total. The Morgan fingerprint density at radius 2 is 1.96 bits per heavy atom. The predicted octanol–water partition coefficient (Wildman–Crippen LogP) is 1.73. The first-order valence-corrected chi connectivity index (χ1v) is 8.57. The highest BCUT2D eigenvalue weighted by Crippen LogP contribution is 2.32. The largest absolute Gasteiger partial charge is 0.495 e. The number of nitrogens with zero attached hydrogens (tertiary/aromatic N) is 2. The summed E-state index contributed by atoms with van der Waals surface area (Å²) in [6.07, 6.45) is 2.53. The van der Waals surface area contributed by atoms with E-state index in [1.165, 1.54) is 12.8 Å². The van der Waals surface area contributed by atoms with Crippen LogP contribution in [0.4, 0.5) is 5.69 Å². The van der Waals surface area contributed by atoms with E-state index >= 15 is 0 Å². The summed E-state index contributed by atoms with van der Waals surface area (Å²) >= 11 is 0. The first-order valence-electron chi connectivity index (χ1n) is 8.57. The van der Waals surface area contributed by atoms with Crippen molar-refractivity contribution in [1.29, 1.82) is 0 Å². The van der Waals surface area contributed by atoms with Gasteiger partial charge in [0.15, 0.2) is 0 Å². The molecular weight excluding hydrogens is 290 g/mol. The molecule has 0 aromatic heterocycles. The van der Waals surface area contributed by atoms with Gasteiger partial charge in [0.1, 0.15) is 5.75 Å². The van der Waals surface area contributed by atoms with E-state index in [0.29, 0.717) is 18.5 Å². The Bertz CT molecular complexity index is 537. The number of methoxy groups -OCH3 is 1. The van der Waals surface area contributed by atoms with Crippen LogP contribution < -0.4 is 15.0 Å². The number of hydrogen-bond acceptors (Lipinski definition) is 4. The number of nitrogens with one attached hydrogen (secondary N) is 1. The summed E-state index contributed by atoms with van der Waals surface area (Å²) in [5.41, 5.74) is 1.14. The smallest absolute Gasteiger partial charge is 0.234 e. The number of carbonyl (C=O) groups excluding carboxylic acids is 1. The van der Waals surface area contributed by atoms with Crippen molar-refractivity contribution in [3.63, 3.8) is 0 Å². The lowest BCUT2D eigenvalue weighted by Crippen LogP contribution is -2.50. The Hall–Kier alpha value is -1.75. The highest BCUT2D eigenvalue weighted by Gasteiger charge is 2.29. The molecule has 0 radical (unpaired) electrons. The molecule has 0 bridgehead atoms. The molecule has 126 valence electrons. The van der Waals surface area contributed by atoms with E-state index in [2.05, 4.69) is 28.1 Å². The highest BCUT2D eigenvalue weighted by atomic mass is 16.5. The molecule has 5 nitrogen and oxygen atoms in total. The lowest BCUT2D eigenvalue weighted by molar-refractivity contribution is -0.123. The van der Waals surface area contributed by atoms with Crippen molar-refractivity contribution >= 4 is 11.6 Å². The summed E-state index contributed by atoms with van der Waals surface area (Å²) in [6.45, 7) is 6.29. The van der Waals surface area contributed by atoms with Crippen molar-refractivity contribution in [2.75, 3.05) is 44.7 Å². The van der Waals surface area contributed by atoms with Crippen molar-refractivity contribution in [1.82, 2.24) is 10.2 Å². The van der Waals surface area contributed by atoms with Gasteiger partial charge in [-0.05, 0) is 37.8 Å². The maximum absolute atomic E-state index is 12.1. The summed E-state index contributed by atoms with van der Waals surface area (Å²) in [4.78, 5) is 16.7. The first-order chi connectivity index (χ1) is 11.2. The molecule has 1 atom stereocenters. The Kier molecular flexibility index (Phi) is 5.06. The van der Waals surface area contributed by atoms with Crippen LogP contribution in [0.5, 0.6) is 5.75 Å². The second-order valence-corrected chi connectivity index (χ2v) is 6.63. The normalized spacial score (nSPS) is 20.2. The fourth-order valence-electron chi connectivity index (χ4n) is 3.25. The molecule has 0 spiro atoms. The summed E-state index contributed by atoms with van der Waals surface area (Å²) in [5, 5.41) is 3.14. The minimum Gasteiger partial charge on any atom is -0.495 e. The molecule has 1 amide bonds. The van der Waals surface area contributed by atoms with E-state index in [1.807, 2.05) is 18.2 Å². The first kappa shape index (κ1) is 16.1. The van der Waals surface area contributed by atoms with Gasteiger partial charge in [0.2, 0.25) is 5.91 Å². The second kappa shape index (κ2) is 7.21. The summed E-state index contributed by atoms with van der Waals surface area (Å²) < 4.78 is 5.44. The van der Waals surface area contributed by atoms with E-state index in [0.717, 1.165) is 37.6 Å². The minimum atomic E-state index is 0.162. The quantitative estimate of drug-likeness (QED) is 0.868. The molecule has 1 aliphatic carbocycles. The molecule has 1 saturated heterocycles. The van der Waals surface area contributed by atoms with Crippen molar-refractivity contribution < 1.29 is 9.53 Å². The molecule has 2 aliphatic rings. The zero-order chi connectivity index (χ0) is 16.2. The predicted molar refractivity (Wildman–Crippen MR) is 92.0 cm³/mol. The van der Waals surface area contributed by atoms with Crippen molar-refractivity contribution in [2.45, 2.75) is 25.8 Å². The average Bonchev–Trinajstić information content (AvgIpc) is 3.40. The van der Waals surface area contributed by atoms with Gasteiger partial charge in [0.25, 0.3) is 0 Å². The van der Waals surface area contributed by atoms with Crippen molar-refractivity contribution in [3.8, 4) is 5.75 Å². The molecule has 23 heavy (non-hydrogen) atoms. The number of para-hydroxylation sites is 2. The monoisotopic (exact) mass is 317 g/mol. The average molecular weight is 317 g/mol. The van der Waals surface area contributed by atoms with Crippen LogP contribution in [0.3, 0.4) is 0 Å². The third-order valence-corrected chi connectivity index (χ3v) is 4.88. The number of amides is 1. The Balaban J connectivity index is 1.47. The third kappa shape index (κ3) is 4.16. The van der Waals surface area contributed by atoms with Crippen molar-refractivity contribution in [2.24, 2.45) is 5.92 Å². The molecule has 1 heterocycles. The van der Waals surface area contributed by atoms with E-state index in [9.17, 15) is 4.79 Å². The fraction of sp³-hybridized carbons (Fsp3) is 0.611. The highest BCUT2D eigenvalue weighted by molar-refractivity contribution is 5.78. The van der Waals surface area contributed by atoms with Crippen LogP contribution >= 0.6 is 0 Å². The Morgan fingerprint density at radius 1 is 1.26 bits per heavy atom. The lowest BCUT2D eigenvalue weighted by atomic mass is 10.2. The van der Waals surface area contributed by atoms with Crippen LogP contribution in [0.15, 0.2) is 24.3 Å². The fourth-order valence-corrected chi connectivity index (χ4v) is 3.25. The van der Waals surface area contributed by atoms with E-state index in [-0.39, 0.29) is 5.91 Å². The van der Waals surface area contributed by atoms with Crippen LogP contribution in [-0.2, 0) is 4.79 Å². The van der Waals surface area contributed by atoms with Crippen LogP contribution in [0.2, 0.25) is 0 Å². The van der Waals surface area contributed by atoms with Gasteiger partial charge >= 0.3 is 0 Å². The van der Waals surface area contributed by atoms with E-state index in [1.54, 1.807) is 7.11 Å². The Labute approximate surface area is 138 Å². The zero-order valence-electron chi connectivity index (χ0n) is 14.1. The number of anilines is 1. The molecule has 1 aromatic rings. The summed E-state index contributed by atoms with van der Waals surface area (Å²) in [5.74, 6) is 1.79. The number of piperazine rings is 1. The molecule has 2 fully saturated rings. The van der Waals surface area contributed by atoms with Gasteiger partial charge in [0, 0.05) is 32.2 Å². The van der Waals surface area contributed by atoms with Crippen molar-refractivity contribution in [3.05, 3.63) is 24.3 Å². The maximum atomic E-state index is 12.1. The van der Waals surface area contributed by atoms with Gasteiger partial charge in [-0.3, -0.25) is 9.69 Å². The number of carbonyl (C=O) groups is 1. The molecule has 1 unspecified atom stereocenters. The van der Waals surface area contributed by atoms with Gasteiger partial charge in [-0.2, -0.15) is 0 Å². The molecular formula is C18H27N3O2. The molecule has 3 rings (SSSR count). The zero-order valence-corrected chi connectivity index (χ0v) is 14.1. The molecule has 1 saturated carbocycles. The SMILES string of the molecule is COc1ccccc1N1CCN(CC(=O)NC(C)C2CC2)CC1. The van der Waals surface area contributed by atoms with Gasteiger partial charge in [0.05, 0.1) is 19.3 Å². The lowest BCUT2D eigenvalue weighted by Gasteiger charge is -2.36. The van der Waals surface area contributed by atoms with Gasteiger partial charge < -0.3 is 15.0 Å². The number of hydrogen-bond donors (Lipinski definition) is 1. The topological polar surface area (TPSA) is 44.8 Å². The van der Waals surface area contributed by atoms with Crippen LogP contribution in [0, 0.1) is 5.92 Å². The standard InChI is InChI=1S/C18H27N3O2/c1-14(15-7-8-15)19-18(22)13-20-9-11-21(12-10-20)16-5-3-4-6-17(16)23-2/h3-6,14-15H,7-13H2,1-2H3,(H,19,22). The van der Waals surface area contributed by atoms with E-state index < -0.39 is 0 Å². The second-order valence-electron chi connectivity index (χ2n) is 6.63. The minimum absolute atomic E-state index is 0.162. The molecule has 5 heteroatoms.